The van der Waals surface area contributed by atoms with Crippen LogP contribution in [0.5, 0.6) is 0 Å². The Morgan fingerprint density at radius 3 is 2.64 bits per heavy atom. The highest BCUT2D eigenvalue weighted by Gasteiger charge is 2.51. The number of aliphatic hydroxyl groups excluding tert-OH is 2. The van der Waals surface area contributed by atoms with Crippen LogP contribution in [-0.2, 0) is 23.1 Å². The second-order valence-electron chi connectivity index (χ2n) is 9.24. The quantitative estimate of drug-likeness (QED) is 0.0951. The molecule has 2 aliphatic rings. The van der Waals surface area contributed by atoms with E-state index in [1.807, 2.05) is 0 Å². The third-order valence-electron chi connectivity index (χ3n) is 6.63. The van der Waals surface area contributed by atoms with Crippen LogP contribution < -0.4 is 16.9 Å². The smallest absolute Gasteiger partial charge is 0.386 e. The van der Waals surface area contributed by atoms with Gasteiger partial charge in [-0.25, -0.2) is 23.3 Å². The third kappa shape index (κ3) is 4.88. The number of ether oxygens (including phenoxy) is 2. The molecule has 2 saturated heterocycles. The van der Waals surface area contributed by atoms with Crippen molar-refractivity contribution in [3.8, 4) is 0 Å². The molecule has 6 heterocycles. The van der Waals surface area contributed by atoms with E-state index in [-0.39, 0.29) is 28.3 Å². The van der Waals surface area contributed by atoms with Crippen molar-refractivity contribution < 1.29 is 42.1 Å². The van der Waals surface area contributed by atoms with Crippen LogP contribution in [0.15, 0.2) is 22.2 Å². The average molecular weight is 634 g/mol. The first-order chi connectivity index (χ1) is 20.0. The third-order valence-corrected chi connectivity index (χ3v) is 8.24. The lowest BCUT2D eigenvalue weighted by Crippen LogP contribution is -2.33. The molecule has 2 aliphatic heterocycles. The lowest BCUT2D eigenvalue weighted by atomic mass is 10.1. The Morgan fingerprint density at radius 2 is 1.88 bits per heavy atom. The summed E-state index contributed by atoms with van der Waals surface area (Å²) in [5.74, 6) is -0.274. The highest BCUT2D eigenvalue weighted by molar-refractivity contribution is 8.44. The zero-order chi connectivity index (χ0) is 29.9. The van der Waals surface area contributed by atoms with Crippen LogP contribution in [0.3, 0.4) is 0 Å². The number of aromatic nitrogens is 9. The molecule has 0 radical (unpaired) electrons. The van der Waals surface area contributed by atoms with Crippen LogP contribution in [0, 0.1) is 0 Å². The summed E-state index contributed by atoms with van der Waals surface area (Å²) in [6, 6.07) is 0. The van der Waals surface area contributed by atoms with Gasteiger partial charge in [0.05, 0.1) is 25.9 Å². The molecule has 42 heavy (non-hydrogen) atoms. The van der Waals surface area contributed by atoms with Gasteiger partial charge in [0.15, 0.2) is 47.1 Å². The van der Waals surface area contributed by atoms with E-state index in [0.29, 0.717) is 0 Å². The van der Waals surface area contributed by atoms with Gasteiger partial charge >= 0.3 is 6.80 Å². The fourth-order valence-electron chi connectivity index (χ4n) is 4.65. The summed E-state index contributed by atoms with van der Waals surface area (Å²) >= 11 is 3.88. The monoisotopic (exact) mass is 634 g/mol. The molecule has 6 N–H and O–H groups in total. The van der Waals surface area contributed by atoms with E-state index in [0.717, 1.165) is 21.9 Å². The van der Waals surface area contributed by atoms with Gasteiger partial charge in [-0.05, 0) is 0 Å². The van der Waals surface area contributed by atoms with Crippen molar-refractivity contribution in [3.05, 3.63) is 33.4 Å². The molecule has 0 bridgehead atoms. The first kappa shape index (κ1) is 28.7. The number of anilines is 1. The summed E-state index contributed by atoms with van der Waals surface area (Å²) in [5, 5.41) is 27.3. The lowest BCUT2D eigenvalue weighted by molar-refractivity contribution is -0.0554. The van der Waals surface area contributed by atoms with E-state index in [1.165, 1.54) is 0 Å². The molecule has 0 aliphatic carbocycles. The number of imidazole rings is 1. The van der Waals surface area contributed by atoms with Gasteiger partial charge in [0.25, 0.3) is 11.1 Å². The summed E-state index contributed by atoms with van der Waals surface area (Å²) < 4.78 is 67.0. The molecule has 4 aromatic heterocycles. The summed E-state index contributed by atoms with van der Waals surface area (Å²) in [6.07, 6.45) is -11.6. The van der Waals surface area contributed by atoms with Gasteiger partial charge in [0, 0.05) is 0 Å². The number of nitrogen functional groups attached to an aromatic ring is 1. The zero-order valence-electron chi connectivity index (χ0n) is 20.8. The topological polar surface area (TPSA) is 260 Å². The number of nitrogens with two attached hydrogens (primary N) is 1. The molecule has 0 unspecified atom stereocenters. The Labute approximate surface area is 235 Å². The van der Waals surface area contributed by atoms with Crippen molar-refractivity contribution >= 4 is 47.3 Å². The Hall–Kier alpha value is -3.37. The maximum Gasteiger partial charge on any atom is 0.386 e. The molecule has 9 atom stereocenters. The van der Waals surface area contributed by atoms with Gasteiger partial charge in [0.1, 0.15) is 24.4 Å². The van der Waals surface area contributed by atoms with Crippen LogP contribution in [0.4, 0.5) is 14.7 Å². The lowest BCUT2D eigenvalue weighted by Gasteiger charge is -2.25. The predicted molar refractivity (Wildman–Crippen MR) is 137 cm³/mol. The molecule has 23 heteroatoms. The first-order valence-electron chi connectivity index (χ1n) is 12.0. The van der Waals surface area contributed by atoms with Gasteiger partial charge in [-0.1, -0.05) is 17.5 Å². The van der Waals surface area contributed by atoms with Gasteiger partial charge < -0.3 is 30.4 Å². The molecule has 6 rings (SSSR count). The molecule has 0 spiro atoms. The second-order valence-corrected chi connectivity index (χ2v) is 12.1. The molecule has 4 aromatic rings. The molecule has 0 aromatic carbocycles. The summed E-state index contributed by atoms with van der Waals surface area (Å²) in [5.41, 5.74) is 3.69. The molecule has 0 saturated carbocycles. The van der Waals surface area contributed by atoms with E-state index in [9.17, 15) is 24.4 Å². The molecular formula is C19H21F2N10O9PS. The van der Waals surface area contributed by atoms with E-state index < -0.39 is 80.3 Å². The van der Waals surface area contributed by atoms with Crippen molar-refractivity contribution in [3.63, 3.8) is 0 Å². The van der Waals surface area contributed by atoms with Crippen LogP contribution in [-0.4, -0.2) is 105 Å². The summed E-state index contributed by atoms with van der Waals surface area (Å²) in [4.78, 5) is 40.4. The van der Waals surface area contributed by atoms with E-state index >= 15 is 8.78 Å². The number of alkyl halides is 2. The number of rotatable bonds is 8. The van der Waals surface area contributed by atoms with Gasteiger partial charge in [-0.2, -0.15) is 9.67 Å². The molecule has 19 nitrogen and oxygen atoms in total. The number of nitrogens with zero attached hydrogens (tertiary/aromatic N) is 7. The van der Waals surface area contributed by atoms with Crippen molar-refractivity contribution in [1.82, 2.24) is 44.5 Å². The number of hydrogen-bond acceptors (Lipinski definition) is 15. The van der Waals surface area contributed by atoms with Gasteiger partial charge in [-0.15, -0.1) is 5.10 Å². The SMILES string of the molecule is Nc1nc2c(ncn2[C@@H]2O[C@H](CO)[C@@H](F)[C@H]2O[P@](=O)(S)OC[C@H]2O[C@@H](n3nnc4c(=O)[nH]cnc43)[C@@H](F)[C@@H]2O)c(=O)[nH]1. The van der Waals surface area contributed by atoms with Crippen molar-refractivity contribution in [1.29, 1.82) is 0 Å². The normalized spacial score (nSPS) is 31.3. The predicted octanol–water partition coefficient (Wildman–Crippen LogP) is -1.51. The fraction of sp³-hybridized carbons (Fsp3) is 0.526. The highest BCUT2D eigenvalue weighted by atomic mass is 32.7. The minimum absolute atomic E-state index is 0.116. The molecular weight excluding hydrogens is 613 g/mol. The Balaban J connectivity index is 1.19. The highest BCUT2D eigenvalue weighted by Crippen LogP contribution is 2.57. The van der Waals surface area contributed by atoms with Crippen molar-refractivity contribution in [2.24, 2.45) is 0 Å². The molecule has 226 valence electrons. The number of halogens is 2. The standard InChI is InChI=1S/C19H21F2N10O9PS/c20-7-5(1-32)38-18(30-4-25-9-14(30)26-19(22)27-16(9)35)12(7)40-41(36,42)37-2-6-11(33)8(21)17(39-6)31-13-10(28-29-31)15(34)24-3-23-13/h3-8,11-12,17-18,32-33H,1-2H2,(H,36,42)(H,23,24,34)(H3,22,26,27,35)/t5-,6-,7-,8+,11-,12-,17-,18-,41-/m1/s1. The molecule has 0 amide bonds. The van der Waals surface area contributed by atoms with Crippen LogP contribution in [0.25, 0.3) is 22.3 Å². The average Bonchev–Trinajstić information content (AvgIpc) is 3.69. The molecule has 2 fully saturated rings. The second kappa shape index (κ2) is 10.7. The van der Waals surface area contributed by atoms with Gasteiger partial charge in [0.2, 0.25) is 5.95 Å². The van der Waals surface area contributed by atoms with Crippen LogP contribution in [0.2, 0.25) is 0 Å². The van der Waals surface area contributed by atoms with E-state index in [4.69, 9.17) is 24.3 Å². The number of hydrogen-bond donors (Lipinski definition) is 6. The summed E-state index contributed by atoms with van der Waals surface area (Å²) in [6.45, 7) is -6.06. The van der Waals surface area contributed by atoms with Crippen molar-refractivity contribution in [2.75, 3.05) is 18.9 Å². The number of H-pyrrole nitrogens is 2. The Bertz CT molecular complexity index is 1800. The summed E-state index contributed by atoms with van der Waals surface area (Å²) in [7, 11) is 0. The zero-order valence-corrected chi connectivity index (χ0v) is 22.6. The fourth-order valence-corrected chi connectivity index (χ4v) is 6.10. The maximum absolute atomic E-state index is 15.3. The van der Waals surface area contributed by atoms with E-state index in [2.05, 4.69) is 47.5 Å². The van der Waals surface area contributed by atoms with Gasteiger partial charge in [-0.3, -0.25) is 28.2 Å². The minimum Gasteiger partial charge on any atom is -0.394 e. The maximum atomic E-state index is 15.3. The van der Waals surface area contributed by atoms with Crippen molar-refractivity contribution in [2.45, 2.75) is 49.2 Å². The van der Waals surface area contributed by atoms with Crippen LogP contribution in [0.1, 0.15) is 12.5 Å². The first-order valence-corrected chi connectivity index (χ1v) is 14.7. The Morgan fingerprint density at radius 1 is 1.12 bits per heavy atom. The number of fused-ring (bicyclic) bond motifs is 2. The van der Waals surface area contributed by atoms with Crippen LogP contribution >= 0.6 is 19.0 Å². The van der Waals surface area contributed by atoms with E-state index in [1.54, 1.807) is 0 Å². The minimum atomic E-state index is -4.52. The Kier molecular flexibility index (Phi) is 7.33. The largest absolute Gasteiger partial charge is 0.394 e. The number of aromatic amines is 2. The number of aliphatic hydroxyl groups is 2. The number of thiol groups is 1. The number of nitrogens with one attached hydrogen (secondary N) is 2.